The highest BCUT2D eigenvalue weighted by Gasteiger charge is 2.10. The fraction of sp³-hybridized carbons (Fsp3) is 0.182. The highest BCUT2D eigenvalue weighted by molar-refractivity contribution is 7.86. The Kier molecular flexibility index (Phi) is 3.23. The molecule has 0 saturated heterocycles. The van der Waals surface area contributed by atoms with Gasteiger partial charge in [-0.3, -0.25) is 0 Å². The van der Waals surface area contributed by atoms with Gasteiger partial charge in [0, 0.05) is 12.4 Å². The summed E-state index contributed by atoms with van der Waals surface area (Å²) in [6.07, 6.45) is 3.51. The third kappa shape index (κ3) is 3.13. The molecule has 0 unspecified atom stereocenters. The van der Waals surface area contributed by atoms with Crippen LogP contribution in [0.3, 0.4) is 0 Å². The average molecular weight is 254 g/mol. The SMILES string of the molecule is O=S(=O)(F)CCc1ccccc1-n1cccn1. The maximum absolute atomic E-state index is 12.5. The first-order chi connectivity index (χ1) is 8.06. The minimum absolute atomic E-state index is 0.134. The lowest BCUT2D eigenvalue weighted by Crippen LogP contribution is -2.06. The van der Waals surface area contributed by atoms with Crippen LogP contribution < -0.4 is 0 Å². The Morgan fingerprint density at radius 3 is 2.65 bits per heavy atom. The lowest BCUT2D eigenvalue weighted by Gasteiger charge is -2.08. The molecular weight excluding hydrogens is 243 g/mol. The van der Waals surface area contributed by atoms with Gasteiger partial charge in [-0.25, -0.2) is 4.68 Å². The number of aryl methyl sites for hydroxylation is 1. The minimum atomic E-state index is -4.44. The van der Waals surface area contributed by atoms with Crippen molar-refractivity contribution in [3.8, 4) is 5.69 Å². The predicted molar refractivity (Wildman–Crippen MR) is 62.2 cm³/mol. The van der Waals surface area contributed by atoms with Crippen LogP contribution in [0.1, 0.15) is 5.56 Å². The van der Waals surface area contributed by atoms with Gasteiger partial charge in [-0.15, -0.1) is 3.89 Å². The van der Waals surface area contributed by atoms with E-state index in [0.29, 0.717) is 0 Å². The lowest BCUT2D eigenvalue weighted by atomic mass is 10.1. The van der Waals surface area contributed by atoms with E-state index in [4.69, 9.17) is 0 Å². The Labute approximate surface area is 98.9 Å². The van der Waals surface area contributed by atoms with E-state index < -0.39 is 16.0 Å². The maximum atomic E-state index is 12.5. The van der Waals surface area contributed by atoms with Crippen molar-refractivity contribution in [3.05, 3.63) is 48.3 Å². The van der Waals surface area contributed by atoms with Gasteiger partial charge in [0.15, 0.2) is 0 Å². The molecule has 2 aromatic rings. The Balaban J connectivity index is 2.29. The van der Waals surface area contributed by atoms with Gasteiger partial charge in [0.05, 0.1) is 11.4 Å². The molecule has 0 spiro atoms. The van der Waals surface area contributed by atoms with Crippen molar-refractivity contribution in [1.29, 1.82) is 0 Å². The van der Waals surface area contributed by atoms with Gasteiger partial charge in [0.1, 0.15) is 0 Å². The van der Waals surface area contributed by atoms with Crippen molar-refractivity contribution in [3.63, 3.8) is 0 Å². The highest BCUT2D eigenvalue weighted by Crippen LogP contribution is 2.14. The van der Waals surface area contributed by atoms with Gasteiger partial charge in [-0.05, 0) is 24.1 Å². The third-order valence-electron chi connectivity index (χ3n) is 2.36. The van der Waals surface area contributed by atoms with Crippen molar-refractivity contribution in [2.45, 2.75) is 6.42 Å². The highest BCUT2D eigenvalue weighted by atomic mass is 32.3. The Hall–Kier alpha value is -1.69. The summed E-state index contributed by atoms with van der Waals surface area (Å²) in [7, 11) is -4.44. The predicted octanol–water partition coefficient (Wildman–Crippen LogP) is 1.71. The van der Waals surface area contributed by atoms with Crippen molar-refractivity contribution < 1.29 is 12.3 Å². The van der Waals surface area contributed by atoms with Crippen LogP contribution in [0, 0.1) is 0 Å². The van der Waals surface area contributed by atoms with Crippen LogP contribution in [0.2, 0.25) is 0 Å². The zero-order valence-corrected chi connectivity index (χ0v) is 9.77. The van der Waals surface area contributed by atoms with E-state index in [0.717, 1.165) is 11.3 Å². The van der Waals surface area contributed by atoms with E-state index in [2.05, 4.69) is 5.10 Å². The van der Waals surface area contributed by atoms with E-state index in [1.165, 1.54) is 0 Å². The average Bonchev–Trinajstić information content (AvgIpc) is 2.79. The van der Waals surface area contributed by atoms with Gasteiger partial charge < -0.3 is 0 Å². The molecule has 4 nitrogen and oxygen atoms in total. The fourth-order valence-corrected chi connectivity index (χ4v) is 2.05. The molecule has 0 aliphatic carbocycles. The number of para-hydroxylation sites is 1. The number of hydrogen-bond donors (Lipinski definition) is 0. The third-order valence-corrected chi connectivity index (χ3v) is 3.05. The Morgan fingerprint density at radius 2 is 2.00 bits per heavy atom. The topological polar surface area (TPSA) is 52.0 Å². The second-order valence-corrected chi connectivity index (χ2v) is 5.06. The maximum Gasteiger partial charge on any atom is 0.302 e. The first-order valence-electron chi connectivity index (χ1n) is 5.06. The van der Waals surface area contributed by atoms with E-state index >= 15 is 0 Å². The standard InChI is InChI=1S/C11H11FN2O2S/c12-17(15,16)9-6-10-4-1-2-5-11(10)14-8-3-7-13-14/h1-5,7-8H,6,9H2. The molecule has 0 aliphatic heterocycles. The van der Waals surface area contributed by atoms with Crippen LogP contribution in [-0.4, -0.2) is 24.0 Å². The second kappa shape index (κ2) is 4.67. The Bertz CT molecular complexity index is 594. The van der Waals surface area contributed by atoms with Crippen molar-refractivity contribution in [2.24, 2.45) is 0 Å². The van der Waals surface area contributed by atoms with E-state index in [9.17, 15) is 12.3 Å². The molecule has 0 fully saturated rings. The molecule has 0 amide bonds. The summed E-state index contributed by atoms with van der Waals surface area (Å²) in [5.74, 6) is -0.509. The number of benzene rings is 1. The fourth-order valence-electron chi connectivity index (χ4n) is 1.59. The molecule has 90 valence electrons. The molecule has 0 atom stereocenters. The van der Waals surface area contributed by atoms with Gasteiger partial charge in [0.2, 0.25) is 0 Å². The van der Waals surface area contributed by atoms with Crippen LogP contribution in [0.25, 0.3) is 5.69 Å². The second-order valence-electron chi connectivity index (χ2n) is 3.57. The summed E-state index contributed by atoms with van der Waals surface area (Å²) in [6.45, 7) is 0. The summed E-state index contributed by atoms with van der Waals surface area (Å²) in [5, 5.41) is 4.07. The minimum Gasteiger partial charge on any atom is -0.241 e. The number of nitrogens with zero attached hydrogens (tertiary/aromatic N) is 2. The molecular formula is C11H11FN2O2S. The van der Waals surface area contributed by atoms with E-state index in [1.54, 1.807) is 35.3 Å². The van der Waals surface area contributed by atoms with Crippen LogP contribution in [-0.2, 0) is 16.6 Å². The number of rotatable bonds is 4. The normalized spacial score (nSPS) is 11.6. The first-order valence-corrected chi connectivity index (χ1v) is 6.62. The number of halogens is 1. The molecule has 2 rings (SSSR count). The summed E-state index contributed by atoms with van der Waals surface area (Å²) >= 11 is 0. The van der Waals surface area contributed by atoms with E-state index in [-0.39, 0.29) is 6.42 Å². The zero-order valence-electron chi connectivity index (χ0n) is 8.95. The smallest absolute Gasteiger partial charge is 0.241 e. The monoisotopic (exact) mass is 254 g/mol. The van der Waals surface area contributed by atoms with Gasteiger partial charge in [-0.2, -0.15) is 13.5 Å². The molecule has 1 aromatic heterocycles. The summed E-state index contributed by atoms with van der Waals surface area (Å²) in [4.78, 5) is 0. The van der Waals surface area contributed by atoms with Crippen molar-refractivity contribution in [2.75, 3.05) is 5.75 Å². The molecule has 0 saturated carbocycles. The lowest BCUT2D eigenvalue weighted by molar-refractivity contribution is 0.551. The van der Waals surface area contributed by atoms with Gasteiger partial charge in [0.25, 0.3) is 0 Å². The van der Waals surface area contributed by atoms with Crippen LogP contribution in [0.15, 0.2) is 42.7 Å². The quantitative estimate of drug-likeness (QED) is 0.780. The number of hydrogen-bond acceptors (Lipinski definition) is 3. The van der Waals surface area contributed by atoms with Gasteiger partial charge in [-0.1, -0.05) is 18.2 Å². The van der Waals surface area contributed by atoms with Crippen LogP contribution >= 0.6 is 0 Å². The molecule has 1 aromatic carbocycles. The van der Waals surface area contributed by atoms with E-state index in [1.807, 2.05) is 12.1 Å². The Morgan fingerprint density at radius 1 is 1.24 bits per heavy atom. The summed E-state index contributed by atoms with van der Waals surface area (Å²) < 4.78 is 35.2. The summed E-state index contributed by atoms with van der Waals surface area (Å²) in [6, 6.07) is 8.95. The zero-order chi connectivity index (χ0) is 12.3. The molecule has 6 heteroatoms. The molecule has 1 heterocycles. The van der Waals surface area contributed by atoms with Gasteiger partial charge >= 0.3 is 10.2 Å². The number of aromatic nitrogens is 2. The first kappa shape index (κ1) is 11.8. The molecule has 0 N–H and O–H groups in total. The van der Waals surface area contributed by atoms with Crippen LogP contribution in [0.5, 0.6) is 0 Å². The summed E-state index contributed by atoms with van der Waals surface area (Å²) in [5.41, 5.74) is 1.51. The van der Waals surface area contributed by atoms with Crippen LogP contribution in [0.4, 0.5) is 3.89 Å². The van der Waals surface area contributed by atoms with Crippen molar-refractivity contribution >= 4 is 10.2 Å². The molecule has 0 bridgehead atoms. The largest absolute Gasteiger partial charge is 0.302 e. The molecule has 0 radical (unpaired) electrons. The molecule has 0 aliphatic rings. The van der Waals surface area contributed by atoms with Crippen molar-refractivity contribution in [1.82, 2.24) is 9.78 Å². The molecule has 17 heavy (non-hydrogen) atoms.